The van der Waals surface area contributed by atoms with Gasteiger partial charge in [0.25, 0.3) is 0 Å². The first-order valence-electron chi connectivity index (χ1n) is 9.82. The molecule has 0 bridgehead atoms. The fraction of sp³-hybridized carbons (Fsp3) is 0.667. The molecule has 4 heteroatoms. The molecule has 1 saturated carbocycles. The van der Waals surface area contributed by atoms with E-state index in [4.69, 9.17) is 4.74 Å². The summed E-state index contributed by atoms with van der Waals surface area (Å²) in [5.74, 6) is 0.722. The van der Waals surface area contributed by atoms with Crippen LogP contribution in [0.4, 0.5) is 0 Å². The molecule has 1 aliphatic carbocycles. The number of benzene rings is 1. The van der Waals surface area contributed by atoms with E-state index in [0.717, 1.165) is 58.3 Å². The average Bonchev–Trinajstić information content (AvgIpc) is 2.99. The van der Waals surface area contributed by atoms with Crippen molar-refractivity contribution < 1.29 is 9.53 Å². The van der Waals surface area contributed by atoms with E-state index in [0.29, 0.717) is 17.9 Å². The molecule has 0 radical (unpaired) electrons. The Hall–Kier alpha value is -1.39. The van der Waals surface area contributed by atoms with Gasteiger partial charge in [0.15, 0.2) is 0 Å². The summed E-state index contributed by atoms with van der Waals surface area (Å²) in [4.78, 5) is 17.0. The van der Waals surface area contributed by atoms with E-state index in [9.17, 15) is 4.79 Å². The second-order valence-electron chi connectivity index (χ2n) is 8.21. The zero-order chi connectivity index (χ0) is 17.3. The van der Waals surface area contributed by atoms with Crippen molar-refractivity contribution in [3.05, 3.63) is 35.9 Å². The van der Waals surface area contributed by atoms with Crippen molar-refractivity contribution in [2.75, 3.05) is 26.7 Å². The highest BCUT2D eigenvalue weighted by Gasteiger charge is 2.45. The zero-order valence-corrected chi connectivity index (χ0v) is 15.3. The normalized spacial score (nSPS) is 26.2. The maximum atomic E-state index is 12.4. The highest BCUT2D eigenvalue weighted by Crippen LogP contribution is 2.39. The Morgan fingerprint density at radius 3 is 2.60 bits per heavy atom. The Bertz CT molecular complexity index is 591. The van der Waals surface area contributed by atoms with Gasteiger partial charge in [-0.05, 0) is 44.7 Å². The quantitative estimate of drug-likeness (QED) is 0.843. The number of piperidine rings is 1. The van der Waals surface area contributed by atoms with Gasteiger partial charge in [0, 0.05) is 31.6 Å². The number of hydrogen-bond acceptors (Lipinski definition) is 3. The number of likely N-dealkylation sites (N-methyl/N-ethyl adjacent to an activating group) is 1. The number of carbonyl (C=O) groups is 1. The van der Waals surface area contributed by atoms with Crippen LogP contribution < -0.4 is 0 Å². The molecule has 4 rings (SSSR count). The lowest BCUT2D eigenvalue weighted by atomic mass is 9.82. The molecule has 1 unspecified atom stereocenters. The lowest BCUT2D eigenvalue weighted by Gasteiger charge is -2.41. The van der Waals surface area contributed by atoms with Crippen LogP contribution >= 0.6 is 0 Å². The third-order valence-corrected chi connectivity index (χ3v) is 6.53. The molecule has 3 fully saturated rings. The van der Waals surface area contributed by atoms with Crippen molar-refractivity contribution in [1.29, 1.82) is 0 Å². The van der Waals surface area contributed by atoms with E-state index >= 15 is 0 Å². The van der Waals surface area contributed by atoms with Crippen molar-refractivity contribution in [2.24, 2.45) is 5.92 Å². The Morgan fingerprint density at radius 2 is 1.96 bits per heavy atom. The Labute approximate surface area is 151 Å². The van der Waals surface area contributed by atoms with Crippen molar-refractivity contribution in [3.8, 4) is 0 Å². The molecule has 136 valence electrons. The zero-order valence-electron chi connectivity index (χ0n) is 15.3. The summed E-state index contributed by atoms with van der Waals surface area (Å²) in [7, 11) is 2.20. The van der Waals surface area contributed by atoms with Crippen molar-refractivity contribution in [3.63, 3.8) is 0 Å². The van der Waals surface area contributed by atoms with Gasteiger partial charge in [0.05, 0.1) is 12.2 Å². The summed E-state index contributed by atoms with van der Waals surface area (Å²) in [6.45, 7) is 3.55. The number of likely N-dealkylation sites (tertiary alicyclic amines) is 1. The number of hydrogen-bond donors (Lipinski definition) is 0. The van der Waals surface area contributed by atoms with E-state index in [1.807, 2.05) is 0 Å². The standard InChI is InChI=1S/C21H30N2O2/c1-22(15-17-6-3-2-4-7-17)19-14-21(25-16-19)10-12-23(13-11-21)20(24)18-8-5-9-18/h2-4,6-7,18-19H,5,8-16H2,1H3. The molecule has 2 saturated heterocycles. The van der Waals surface area contributed by atoms with Gasteiger partial charge in [0.1, 0.15) is 0 Å². The number of rotatable bonds is 4. The van der Waals surface area contributed by atoms with E-state index in [-0.39, 0.29) is 5.60 Å². The number of nitrogens with zero attached hydrogens (tertiary/aromatic N) is 2. The third-order valence-electron chi connectivity index (χ3n) is 6.53. The van der Waals surface area contributed by atoms with Gasteiger partial charge in [-0.15, -0.1) is 0 Å². The van der Waals surface area contributed by atoms with Gasteiger partial charge in [-0.25, -0.2) is 0 Å². The maximum Gasteiger partial charge on any atom is 0.225 e. The Kier molecular flexibility index (Phi) is 4.83. The van der Waals surface area contributed by atoms with E-state index in [1.54, 1.807) is 0 Å². The minimum absolute atomic E-state index is 0.00596. The molecule has 0 N–H and O–H groups in total. The van der Waals surface area contributed by atoms with E-state index in [2.05, 4.69) is 47.2 Å². The van der Waals surface area contributed by atoms with Crippen LogP contribution in [0.3, 0.4) is 0 Å². The van der Waals surface area contributed by atoms with Crippen molar-refractivity contribution in [1.82, 2.24) is 9.80 Å². The molecule has 0 aromatic heterocycles. The van der Waals surface area contributed by atoms with Crippen molar-refractivity contribution in [2.45, 2.75) is 56.7 Å². The van der Waals surface area contributed by atoms with Gasteiger partial charge < -0.3 is 9.64 Å². The van der Waals surface area contributed by atoms with Crippen LogP contribution in [0, 0.1) is 5.92 Å². The number of carbonyl (C=O) groups excluding carboxylic acids is 1. The van der Waals surface area contributed by atoms with Gasteiger partial charge in [-0.1, -0.05) is 36.8 Å². The second-order valence-corrected chi connectivity index (χ2v) is 8.21. The monoisotopic (exact) mass is 342 g/mol. The molecule has 1 aromatic rings. The second kappa shape index (κ2) is 7.08. The first-order chi connectivity index (χ1) is 12.2. The van der Waals surface area contributed by atoms with E-state index < -0.39 is 0 Å². The molecular formula is C21H30N2O2. The molecule has 1 spiro atoms. The molecule has 1 amide bonds. The summed E-state index contributed by atoms with van der Waals surface area (Å²) >= 11 is 0. The molecular weight excluding hydrogens is 312 g/mol. The first-order valence-corrected chi connectivity index (χ1v) is 9.82. The van der Waals surface area contributed by atoms with Crippen LogP contribution in [0.2, 0.25) is 0 Å². The van der Waals surface area contributed by atoms with Crippen LogP contribution in [0.15, 0.2) is 30.3 Å². The van der Waals surface area contributed by atoms with Gasteiger partial charge in [0.2, 0.25) is 5.91 Å². The van der Waals surface area contributed by atoms with Crippen LogP contribution in [-0.2, 0) is 16.1 Å². The molecule has 2 aliphatic heterocycles. The number of amides is 1. The van der Waals surface area contributed by atoms with Crippen molar-refractivity contribution >= 4 is 5.91 Å². The lowest BCUT2D eigenvalue weighted by Crippen LogP contribution is -2.49. The van der Waals surface area contributed by atoms with Crippen LogP contribution in [0.1, 0.15) is 44.1 Å². The summed E-state index contributed by atoms with van der Waals surface area (Å²) in [6.07, 6.45) is 6.53. The Morgan fingerprint density at radius 1 is 1.24 bits per heavy atom. The highest BCUT2D eigenvalue weighted by atomic mass is 16.5. The van der Waals surface area contributed by atoms with Gasteiger partial charge in [-0.2, -0.15) is 0 Å². The van der Waals surface area contributed by atoms with Crippen LogP contribution in [0.5, 0.6) is 0 Å². The smallest absolute Gasteiger partial charge is 0.225 e. The first kappa shape index (κ1) is 17.0. The lowest BCUT2D eigenvalue weighted by molar-refractivity contribution is -0.142. The fourth-order valence-electron chi connectivity index (χ4n) is 4.50. The highest BCUT2D eigenvalue weighted by molar-refractivity contribution is 5.79. The van der Waals surface area contributed by atoms with E-state index in [1.165, 1.54) is 12.0 Å². The predicted molar refractivity (Wildman–Crippen MR) is 98.2 cm³/mol. The largest absolute Gasteiger partial charge is 0.373 e. The predicted octanol–water partition coefficient (Wildman–Crippen LogP) is 3.07. The molecule has 25 heavy (non-hydrogen) atoms. The molecule has 1 aromatic carbocycles. The molecule has 2 heterocycles. The maximum absolute atomic E-state index is 12.4. The fourth-order valence-corrected chi connectivity index (χ4v) is 4.50. The summed E-state index contributed by atoms with van der Waals surface area (Å²) in [6, 6.07) is 11.1. The Balaban J connectivity index is 1.29. The van der Waals surface area contributed by atoms with Gasteiger partial charge in [-0.3, -0.25) is 9.69 Å². The van der Waals surface area contributed by atoms with Crippen LogP contribution in [0.25, 0.3) is 0 Å². The summed E-state index contributed by atoms with van der Waals surface area (Å²) in [5.41, 5.74) is 1.36. The topological polar surface area (TPSA) is 32.8 Å². The van der Waals surface area contributed by atoms with Crippen LogP contribution in [-0.4, -0.2) is 54.1 Å². The molecule has 3 aliphatic rings. The van der Waals surface area contributed by atoms with Gasteiger partial charge >= 0.3 is 0 Å². The molecule has 4 nitrogen and oxygen atoms in total. The average molecular weight is 342 g/mol. The minimum atomic E-state index is 0.00596. The minimum Gasteiger partial charge on any atom is -0.373 e. The SMILES string of the molecule is CN(Cc1ccccc1)C1COC2(CCN(C(=O)C3CCC3)CC2)C1. The third kappa shape index (κ3) is 3.61. The molecule has 1 atom stereocenters. The number of ether oxygens (including phenoxy) is 1. The summed E-state index contributed by atoms with van der Waals surface area (Å²) < 4.78 is 6.30. The summed E-state index contributed by atoms with van der Waals surface area (Å²) in [5, 5.41) is 0.